The van der Waals surface area contributed by atoms with Crippen molar-refractivity contribution in [2.24, 2.45) is 11.7 Å². The molecule has 2 rings (SSSR count). The highest BCUT2D eigenvalue weighted by Gasteiger charge is 2.35. The van der Waals surface area contributed by atoms with E-state index in [1.165, 1.54) is 9.87 Å². The summed E-state index contributed by atoms with van der Waals surface area (Å²) in [6, 6.07) is 7.32. The van der Waals surface area contributed by atoms with E-state index < -0.39 is 10.0 Å². The molecule has 1 aliphatic carbocycles. The van der Waals surface area contributed by atoms with Crippen LogP contribution in [0.15, 0.2) is 29.2 Å². The highest BCUT2D eigenvalue weighted by molar-refractivity contribution is 7.89. The molecule has 0 heterocycles. The van der Waals surface area contributed by atoms with Gasteiger partial charge in [0.1, 0.15) is 0 Å². The molecule has 0 spiro atoms. The summed E-state index contributed by atoms with van der Waals surface area (Å²) in [4.78, 5) is 0.382. The van der Waals surface area contributed by atoms with Crippen molar-refractivity contribution < 1.29 is 8.42 Å². The van der Waals surface area contributed by atoms with Crippen LogP contribution in [0.5, 0.6) is 0 Å². The average molecular weight is 310 g/mol. The minimum absolute atomic E-state index is 0.0373. The van der Waals surface area contributed by atoms with E-state index in [9.17, 15) is 8.42 Å². The summed E-state index contributed by atoms with van der Waals surface area (Å²) in [7, 11) is -1.73. The van der Waals surface area contributed by atoms with Crippen LogP contribution in [0.1, 0.15) is 38.2 Å². The fourth-order valence-corrected chi connectivity index (χ4v) is 4.68. The zero-order chi connectivity index (χ0) is 15.5. The van der Waals surface area contributed by atoms with Crippen LogP contribution < -0.4 is 5.73 Å². The van der Waals surface area contributed by atoms with Gasteiger partial charge in [0, 0.05) is 13.1 Å². The van der Waals surface area contributed by atoms with Crippen molar-refractivity contribution in [3.63, 3.8) is 0 Å². The highest BCUT2D eigenvalue weighted by Crippen LogP contribution is 2.31. The van der Waals surface area contributed by atoms with Crippen LogP contribution in [-0.4, -0.2) is 32.4 Å². The van der Waals surface area contributed by atoms with Crippen molar-refractivity contribution in [1.29, 1.82) is 0 Å². The number of hydrogen-bond donors (Lipinski definition) is 1. The lowest BCUT2D eigenvalue weighted by atomic mass is 10.0. The molecule has 0 saturated heterocycles. The Hall–Kier alpha value is -0.910. The first-order valence-corrected chi connectivity index (χ1v) is 9.21. The van der Waals surface area contributed by atoms with Crippen LogP contribution in [0.2, 0.25) is 0 Å². The summed E-state index contributed by atoms with van der Waals surface area (Å²) < 4.78 is 27.0. The third-order valence-corrected chi connectivity index (χ3v) is 6.42. The summed E-state index contributed by atoms with van der Waals surface area (Å²) >= 11 is 0. The molecule has 5 heteroatoms. The minimum atomic E-state index is -3.42. The molecule has 2 atom stereocenters. The molecule has 0 aliphatic heterocycles. The Labute approximate surface area is 128 Å². The Balaban J connectivity index is 2.20. The van der Waals surface area contributed by atoms with Crippen molar-refractivity contribution in [1.82, 2.24) is 4.31 Å². The van der Waals surface area contributed by atoms with Crippen molar-refractivity contribution in [3.05, 3.63) is 29.8 Å². The van der Waals surface area contributed by atoms with E-state index in [4.69, 9.17) is 5.73 Å². The molecule has 1 fully saturated rings. The van der Waals surface area contributed by atoms with Gasteiger partial charge in [0.25, 0.3) is 0 Å². The quantitative estimate of drug-likeness (QED) is 0.877. The normalized spacial score (nSPS) is 22.9. The first kappa shape index (κ1) is 16.5. The third-order valence-electron chi connectivity index (χ3n) is 4.53. The van der Waals surface area contributed by atoms with Gasteiger partial charge >= 0.3 is 0 Å². The first-order valence-electron chi connectivity index (χ1n) is 7.77. The number of rotatable bonds is 6. The van der Waals surface area contributed by atoms with Crippen LogP contribution in [0, 0.1) is 5.92 Å². The van der Waals surface area contributed by atoms with Gasteiger partial charge in [-0.2, -0.15) is 4.31 Å². The van der Waals surface area contributed by atoms with Gasteiger partial charge in [-0.3, -0.25) is 0 Å². The van der Waals surface area contributed by atoms with Crippen molar-refractivity contribution >= 4 is 10.0 Å². The van der Waals surface area contributed by atoms with E-state index in [1.54, 1.807) is 19.2 Å². The van der Waals surface area contributed by atoms with E-state index in [1.807, 2.05) is 12.1 Å². The van der Waals surface area contributed by atoms with Crippen molar-refractivity contribution in [2.45, 2.75) is 50.0 Å². The van der Waals surface area contributed by atoms with Crippen molar-refractivity contribution in [3.8, 4) is 0 Å². The number of nitrogens with two attached hydrogens (primary N) is 1. The summed E-state index contributed by atoms with van der Waals surface area (Å²) in [5.74, 6) is 0.282. The van der Waals surface area contributed by atoms with Gasteiger partial charge in [0.2, 0.25) is 10.0 Å². The van der Waals surface area contributed by atoms with Crippen LogP contribution in [0.3, 0.4) is 0 Å². The van der Waals surface area contributed by atoms with Gasteiger partial charge in [-0.25, -0.2) is 8.42 Å². The van der Waals surface area contributed by atoms with Crippen LogP contribution >= 0.6 is 0 Å². The fourth-order valence-electron chi connectivity index (χ4n) is 3.23. The van der Waals surface area contributed by atoms with Gasteiger partial charge in [0.05, 0.1) is 4.90 Å². The first-order chi connectivity index (χ1) is 10.0. The van der Waals surface area contributed by atoms with E-state index in [2.05, 4.69) is 6.92 Å². The van der Waals surface area contributed by atoms with Crippen LogP contribution in [-0.2, 0) is 16.4 Å². The maximum absolute atomic E-state index is 12.7. The monoisotopic (exact) mass is 310 g/mol. The molecule has 4 nitrogen and oxygen atoms in total. The van der Waals surface area contributed by atoms with Gasteiger partial charge in [-0.15, -0.1) is 0 Å². The lowest BCUT2D eigenvalue weighted by Crippen LogP contribution is -2.41. The van der Waals surface area contributed by atoms with Gasteiger partial charge in [-0.05, 0) is 49.4 Å². The molecule has 21 heavy (non-hydrogen) atoms. The fraction of sp³-hybridized carbons (Fsp3) is 0.625. The van der Waals surface area contributed by atoms with Crippen LogP contribution in [0.4, 0.5) is 0 Å². The van der Waals surface area contributed by atoms with E-state index in [-0.39, 0.29) is 12.0 Å². The topological polar surface area (TPSA) is 63.4 Å². The van der Waals surface area contributed by atoms with E-state index in [0.29, 0.717) is 11.4 Å². The predicted molar refractivity (Wildman–Crippen MR) is 85.6 cm³/mol. The smallest absolute Gasteiger partial charge is 0.243 e. The summed E-state index contributed by atoms with van der Waals surface area (Å²) in [5, 5.41) is 0. The second-order valence-electron chi connectivity index (χ2n) is 5.91. The summed E-state index contributed by atoms with van der Waals surface area (Å²) in [6.45, 7) is 2.67. The lowest BCUT2D eigenvalue weighted by molar-refractivity contribution is 0.304. The molecule has 0 aromatic heterocycles. The molecule has 1 aromatic carbocycles. The Morgan fingerprint density at radius 1 is 1.24 bits per heavy atom. The molecule has 1 aromatic rings. The SMILES string of the molecule is CCCc1ccc(S(=O)(=O)N(C)C2CCCC2CN)cc1. The Morgan fingerprint density at radius 2 is 1.90 bits per heavy atom. The van der Waals surface area contributed by atoms with E-state index >= 15 is 0 Å². The summed E-state index contributed by atoms with van der Waals surface area (Å²) in [5.41, 5.74) is 6.96. The van der Waals surface area contributed by atoms with Gasteiger partial charge in [0.15, 0.2) is 0 Å². The molecular formula is C16H26N2O2S. The second kappa shape index (κ2) is 6.90. The Bertz CT molecular complexity index is 554. The van der Waals surface area contributed by atoms with Crippen LogP contribution in [0.25, 0.3) is 0 Å². The number of sulfonamides is 1. The molecule has 1 saturated carbocycles. The Morgan fingerprint density at radius 3 is 2.48 bits per heavy atom. The molecule has 0 amide bonds. The zero-order valence-corrected chi connectivity index (χ0v) is 13.8. The number of aryl methyl sites for hydroxylation is 1. The molecule has 1 aliphatic rings. The molecule has 0 radical (unpaired) electrons. The van der Waals surface area contributed by atoms with Gasteiger partial charge in [-0.1, -0.05) is 31.9 Å². The molecule has 118 valence electrons. The maximum atomic E-state index is 12.7. The lowest BCUT2D eigenvalue weighted by Gasteiger charge is -2.28. The number of nitrogens with zero attached hydrogens (tertiary/aromatic N) is 1. The average Bonchev–Trinajstić information content (AvgIpc) is 2.95. The molecular weight excluding hydrogens is 284 g/mol. The number of hydrogen-bond acceptors (Lipinski definition) is 3. The largest absolute Gasteiger partial charge is 0.330 e. The number of benzene rings is 1. The predicted octanol–water partition coefficient (Wildman–Crippen LogP) is 2.39. The minimum Gasteiger partial charge on any atom is -0.330 e. The van der Waals surface area contributed by atoms with E-state index in [0.717, 1.165) is 32.1 Å². The van der Waals surface area contributed by atoms with Crippen molar-refractivity contribution in [2.75, 3.05) is 13.6 Å². The van der Waals surface area contributed by atoms with Gasteiger partial charge < -0.3 is 5.73 Å². The standard InChI is InChI=1S/C16H26N2O2S/c1-3-5-13-8-10-15(11-9-13)21(19,20)18(2)16-7-4-6-14(16)12-17/h8-11,14,16H,3-7,12,17H2,1-2H3. The zero-order valence-electron chi connectivity index (χ0n) is 13.0. The molecule has 2 N–H and O–H groups in total. The Kier molecular flexibility index (Phi) is 5.41. The summed E-state index contributed by atoms with van der Waals surface area (Å²) in [6.07, 6.45) is 5.03. The second-order valence-corrected chi connectivity index (χ2v) is 7.91. The molecule has 0 bridgehead atoms. The highest BCUT2D eigenvalue weighted by atomic mass is 32.2. The molecule has 2 unspecified atom stereocenters. The maximum Gasteiger partial charge on any atom is 0.243 e. The third kappa shape index (κ3) is 3.47.